The first-order valence-electron chi connectivity index (χ1n) is 3.41. The van der Waals surface area contributed by atoms with E-state index in [1.165, 1.54) is 18.8 Å². The van der Waals surface area contributed by atoms with Gasteiger partial charge in [0.15, 0.2) is 0 Å². The lowest BCUT2D eigenvalue weighted by Crippen LogP contribution is -2.43. The van der Waals surface area contributed by atoms with Crippen LogP contribution in [0.1, 0.15) is 0 Å². The van der Waals surface area contributed by atoms with Gasteiger partial charge in [-0.05, 0) is 29.2 Å². The Hall–Kier alpha value is 0.530. The lowest BCUT2D eigenvalue weighted by molar-refractivity contribution is 0.385. The van der Waals surface area contributed by atoms with Crippen LogP contribution in [0.3, 0.4) is 0 Å². The van der Waals surface area contributed by atoms with Crippen molar-refractivity contribution >= 4 is 27.7 Å². The summed E-state index contributed by atoms with van der Waals surface area (Å²) < 4.78 is 1.10. The SMILES string of the molecule is C=C(Br)CSCC1CNC1. The Labute approximate surface area is 74.8 Å². The zero-order valence-corrected chi connectivity index (χ0v) is 8.30. The molecule has 0 aromatic carbocycles. The van der Waals surface area contributed by atoms with Gasteiger partial charge in [0.05, 0.1) is 0 Å². The number of hydrogen-bond donors (Lipinski definition) is 1. The maximum atomic E-state index is 3.78. The molecule has 58 valence electrons. The summed E-state index contributed by atoms with van der Waals surface area (Å²) in [5.74, 6) is 3.24. The van der Waals surface area contributed by atoms with Gasteiger partial charge in [-0.1, -0.05) is 22.5 Å². The van der Waals surface area contributed by atoms with Gasteiger partial charge in [-0.3, -0.25) is 0 Å². The Morgan fingerprint density at radius 2 is 2.40 bits per heavy atom. The minimum absolute atomic E-state index is 0.914. The van der Waals surface area contributed by atoms with Crippen molar-refractivity contribution in [3.05, 3.63) is 11.1 Å². The molecule has 0 aliphatic carbocycles. The van der Waals surface area contributed by atoms with Gasteiger partial charge in [-0.15, -0.1) is 0 Å². The second-order valence-corrected chi connectivity index (χ2v) is 4.71. The monoisotopic (exact) mass is 221 g/mol. The van der Waals surface area contributed by atoms with Crippen molar-refractivity contribution in [2.75, 3.05) is 24.6 Å². The molecule has 3 heteroatoms. The van der Waals surface area contributed by atoms with Gasteiger partial charge in [0.1, 0.15) is 0 Å². The molecular formula is C7H12BrNS. The van der Waals surface area contributed by atoms with Crippen LogP contribution in [-0.4, -0.2) is 24.6 Å². The molecule has 1 nitrogen and oxygen atoms in total. The highest BCUT2D eigenvalue weighted by atomic mass is 79.9. The van der Waals surface area contributed by atoms with Crippen LogP contribution in [0.5, 0.6) is 0 Å². The molecule has 1 fully saturated rings. The first-order valence-corrected chi connectivity index (χ1v) is 5.35. The maximum Gasteiger partial charge on any atom is 0.0245 e. The molecule has 0 unspecified atom stereocenters. The second kappa shape index (κ2) is 4.42. The molecule has 1 heterocycles. The molecule has 1 N–H and O–H groups in total. The minimum atomic E-state index is 0.914. The summed E-state index contributed by atoms with van der Waals surface area (Å²) in [5, 5.41) is 3.25. The molecule has 0 amide bonds. The molecular weight excluding hydrogens is 210 g/mol. The third-order valence-electron chi connectivity index (χ3n) is 1.48. The molecule has 0 atom stereocenters. The van der Waals surface area contributed by atoms with Gasteiger partial charge in [0, 0.05) is 5.75 Å². The van der Waals surface area contributed by atoms with E-state index in [4.69, 9.17) is 0 Å². The average Bonchev–Trinajstić information content (AvgIpc) is 1.75. The van der Waals surface area contributed by atoms with Gasteiger partial charge in [-0.25, -0.2) is 0 Å². The molecule has 0 spiro atoms. The van der Waals surface area contributed by atoms with Crippen LogP contribution in [0.25, 0.3) is 0 Å². The largest absolute Gasteiger partial charge is 0.316 e. The van der Waals surface area contributed by atoms with Crippen molar-refractivity contribution in [2.24, 2.45) is 5.92 Å². The molecule has 0 saturated carbocycles. The van der Waals surface area contributed by atoms with Crippen molar-refractivity contribution < 1.29 is 0 Å². The standard InChI is InChI=1S/C7H12BrNS/c1-6(8)4-10-5-7-2-9-3-7/h7,9H,1-5H2. The molecule has 0 aromatic heterocycles. The number of thioether (sulfide) groups is 1. The van der Waals surface area contributed by atoms with E-state index in [-0.39, 0.29) is 0 Å². The van der Waals surface area contributed by atoms with Crippen LogP contribution in [0.15, 0.2) is 11.1 Å². The fourth-order valence-corrected chi connectivity index (χ4v) is 2.20. The fourth-order valence-electron chi connectivity index (χ4n) is 0.803. The van der Waals surface area contributed by atoms with Gasteiger partial charge in [0.2, 0.25) is 0 Å². The third kappa shape index (κ3) is 3.08. The summed E-state index contributed by atoms with van der Waals surface area (Å²) in [4.78, 5) is 0. The van der Waals surface area contributed by atoms with E-state index in [0.29, 0.717) is 0 Å². The Kier molecular flexibility index (Phi) is 3.81. The third-order valence-corrected chi connectivity index (χ3v) is 3.39. The molecule has 1 saturated heterocycles. The number of halogens is 1. The number of rotatable bonds is 4. The molecule has 0 bridgehead atoms. The second-order valence-electron chi connectivity index (χ2n) is 2.56. The molecule has 0 radical (unpaired) electrons. The van der Waals surface area contributed by atoms with E-state index in [0.717, 1.165) is 16.2 Å². The fraction of sp³-hybridized carbons (Fsp3) is 0.714. The Balaban J connectivity index is 1.89. The normalized spacial score (nSPS) is 18.5. The van der Waals surface area contributed by atoms with Crippen LogP contribution in [0, 0.1) is 5.92 Å². The van der Waals surface area contributed by atoms with Crippen molar-refractivity contribution in [2.45, 2.75) is 0 Å². The summed E-state index contributed by atoms with van der Waals surface area (Å²) in [7, 11) is 0. The first kappa shape index (κ1) is 8.62. The van der Waals surface area contributed by atoms with E-state index in [1.807, 2.05) is 11.8 Å². The molecule has 1 aliphatic heterocycles. The van der Waals surface area contributed by atoms with Gasteiger partial charge in [0.25, 0.3) is 0 Å². The van der Waals surface area contributed by atoms with Crippen LogP contribution >= 0.6 is 27.7 Å². The van der Waals surface area contributed by atoms with Crippen molar-refractivity contribution in [3.63, 3.8) is 0 Å². The van der Waals surface area contributed by atoms with Crippen molar-refractivity contribution in [1.29, 1.82) is 0 Å². The number of hydrogen-bond acceptors (Lipinski definition) is 2. The highest BCUT2D eigenvalue weighted by Gasteiger charge is 2.15. The summed E-state index contributed by atoms with van der Waals surface area (Å²) >= 11 is 5.29. The summed E-state index contributed by atoms with van der Waals surface area (Å²) in [5.41, 5.74) is 0. The Morgan fingerprint density at radius 3 is 2.80 bits per heavy atom. The van der Waals surface area contributed by atoms with Crippen LogP contribution in [0.4, 0.5) is 0 Å². The lowest BCUT2D eigenvalue weighted by Gasteiger charge is -2.26. The van der Waals surface area contributed by atoms with Crippen LogP contribution in [0.2, 0.25) is 0 Å². The molecule has 1 rings (SSSR count). The first-order chi connectivity index (χ1) is 4.79. The van der Waals surface area contributed by atoms with Crippen molar-refractivity contribution in [1.82, 2.24) is 5.32 Å². The molecule has 0 aromatic rings. The van der Waals surface area contributed by atoms with E-state index in [1.54, 1.807) is 0 Å². The van der Waals surface area contributed by atoms with E-state index < -0.39 is 0 Å². The highest BCUT2D eigenvalue weighted by molar-refractivity contribution is 9.11. The predicted octanol–water partition coefficient (Wildman–Crippen LogP) is 1.85. The van der Waals surface area contributed by atoms with E-state index >= 15 is 0 Å². The summed E-state index contributed by atoms with van der Waals surface area (Å²) in [6.07, 6.45) is 0. The lowest BCUT2D eigenvalue weighted by atomic mass is 10.1. The maximum absolute atomic E-state index is 3.78. The zero-order valence-electron chi connectivity index (χ0n) is 5.90. The molecule has 10 heavy (non-hydrogen) atoms. The van der Waals surface area contributed by atoms with Gasteiger partial charge >= 0.3 is 0 Å². The summed E-state index contributed by atoms with van der Waals surface area (Å²) in [6.45, 7) is 6.20. The van der Waals surface area contributed by atoms with E-state index in [2.05, 4.69) is 27.8 Å². The predicted molar refractivity (Wildman–Crippen MR) is 51.8 cm³/mol. The van der Waals surface area contributed by atoms with Crippen LogP contribution < -0.4 is 5.32 Å². The van der Waals surface area contributed by atoms with Gasteiger partial charge in [-0.2, -0.15) is 11.8 Å². The highest BCUT2D eigenvalue weighted by Crippen LogP contribution is 2.16. The summed E-state index contributed by atoms with van der Waals surface area (Å²) in [6, 6.07) is 0. The Bertz CT molecular complexity index is 123. The zero-order chi connectivity index (χ0) is 7.40. The van der Waals surface area contributed by atoms with Gasteiger partial charge < -0.3 is 5.32 Å². The van der Waals surface area contributed by atoms with Crippen molar-refractivity contribution in [3.8, 4) is 0 Å². The Morgan fingerprint density at radius 1 is 1.70 bits per heavy atom. The average molecular weight is 222 g/mol. The van der Waals surface area contributed by atoms with Crippen LogP contribution in [-0.2, 0) is 0 Å². The molecule has 1 aliphatic rings. The smallest absolute Gasteiger partial charge is 0.0245 e. The number of nitrogens with one attached hydrogen (secondary N) is 1. The topological polar surface area (TPSA) is 12.0 Å². The van der Waals surface area contributed by atoms with E-state index in [9.17, 15) is 0 Å². The quantitative estimate of drug-likeness (QED) is 0.779. The minimum Gasteiger partial charge on any atom is -0.316 e.